The number of H-pyrrole nitrogens is 1. The van der Waals surface area contributed by atoms with Crippen LogP contribution >= 0.6 is 0 Å². The van der Waals surface area contributed by atoms with Crippen molar-refractivity contribution in [1.82, 2.24) is 4.98 Å². The topological polar surface area (TPSA) is 62.0 Å². The van der Waals surface area contributed by atoms with Crippen LogP contribution in [0.15, 0.2) is 66.7 Å². The molecule has 0 aliphatic heterocycles. The summed E-state index contributed by atoms with van der Waals surface area (Å²) in [6.07, 6.45) is 0. The van der Waals surface area contributed by atoms with Crippen LogP contribution < -0.4 is 4.72 Å². The van der Waals surface area contributed by atoms with Gasteiger partial charge in [0.1, 0.15) is 0 Å². The lowest BCUT2D eigenvalue weighted by Gasteiger charge is -2.12. The summed E-state index contributed by atoms with van der Waals surface area (Å²) in [5, 5.41) is 2.28. The molecular formula is C20H18N2O2S. The average Bonchev–Trinajstić information content (AvgIpc) is 3.01. The molecule has 0 radical (unpaired) electrons. The Morgan fingerprint density at radius 1 is 0.840 bits per heavy atom. The van der Waals surface area contributed by atoms with Gasteiger partial charge in [0.2, 0.25) is 10.0 Å². The number of benzene rings is 3. The fourth-order valence-corrected chi connectivity index (χ4v) is 3.80. The van der Waals surface area contributed by atoms with E-state index in [1.807, 2.05) is 48.5 Å². The van der Waals surface area contributed by atoms with Gasteiger partial charge in [-0.15, -0.1) is 0 Å². The molecule has 126 valence electrons. The summed E-state index contributed by atoms with van der Waals surface area (Å²) in [6, 6.07) is 21.7. The molecule has 0 bridgehead atoms. The third-order valence-electron chi connectivity index (χ3n) is 4.40. The first-order valence-corrected chi connectivity index (χ1v) is 9.83. The van der Waals surface area contributed by atoms with Gasteiger partial charge in [0, 0.05) is 27.4 Å². The van der Waals surface area contributed by atoms with Crippen molar-refractivity contribution in [1.29, 1.82) is 0 Å². The van der Waals surface area contributed by atoms with Crippen LogP contribution in [0.1, 0.15) is 6.92 Å². The van der Waals surface area contributed by atoms with Crippen LogP contribution in [0.3, 0.4) is 0 Å². The molecular weight excluding hydrogens is 332 g/mol. The molecule has 0 atom stereocenters. The Morgan fingerprint density at radius 2 is 1.52 bits per heavy atom. The molecule has 3 aromatic carbocycles. The van der Waals surface area contributed by atoms with Crippen LogP contribution in [-0.4, -0.2) is 19.2 Å². The van der Waals surface area contributed by atoms with E-state index in [0.29, 0.717) is 5.69 Å². The molecule has 1 heterocycles. The smallest absolute Gasteiger partial charge is 0.232 e. The maximum absolute atomic E-state index is 12.0. The summed E-state index contributed by atoms with van der Waals surface area (Å²) in [6.45, 7) is 1.63. The predicted molar refractivity (Wildman–Crippen MR) is 104 cm³/mol. The van der Waals surface area contributed by atoms with E-state index in [1.165, 1.54) is 0 Å². The third-order valence-corrected chi connectivity index (χ3v) is 5.70. The van der Waals surface area contributed by atoms with E-state index in [0.717, 1.165) is 32.9 Å². The number of aromatic nitrogens is 1. The van der Waals surface area contributed by atoms with Crippen molar-refractivity contribution in [2.24, 2.45) is 0 Å². The number of aromatic amines is 1. The molecule has 5 heteroatoms. The van der Waals surface area contributed by atoms with Crippen LogP contribution in [0.25, 0.3) is 32.9 Å². The Kier molecular flexibility index (Phi) is 3.73. The van der Waals surface area contributed by atoms with Crippen molar-refractivity contribution in [3.63, 3.8) is 0 Å². The van der Waals surface area contributed by atoms with E-state index in [-0.39, 0.29) is 5.75 Å². The number of fused-ring (bicyclic) bond motifs is 3. The first kappa shape index (κ1) is 15.7. The molecule has 4 rings (SSSR count). The normalized spacial score (nSPS) is 11.9. The predicted octanol–water partition coefficient (Wildman–Crippen LogP) is 4.75. The van der Waals surface area contributed by atoms with Crippen molar-refractivity contribution in [3.8, 4) is 11.1 Å². The lowest BCUT2D eigenvalue weighted by Crippen LogP contribution is -2.15. The molecule has 0 aliphatic carbocycles. The van der Waals surface area contributed by atoms with Gasteiger partial charge in [-0.05, 0) is 19.1 Å². The molecule has 0 saturated carbocycles. The molecule has 0 spiro atoms. The number of hydrogen-bond donors (Lipinski definition) is 2. The maximum Gasteiger partial charge on any atom is 0.232 e. The minimum Gasteiger partial charge on any atom is -0.354 e. The summed E-state index contributed by atoms with van der Waals surface area (Å²) in [7, 11) is -3.34. The van der Waals surface area contributed by atoms with Crippen molar-refractivity contribution in [2.45, 2.75) is 6.92 Å². The second kappa shape index (κ2) is 5.93. The highest BCUT2D eigenvalue weighted by Crippen LogP contribution is 2.36. The number of hydrogen-bond acceptors (Lipinski definition) is 2. The first-order valence-electron chi connectivity index (χ1n) is 8.18. The molecule has 0 amide bonds. The van der Waals surface area contributed by atoms with Gasteiger partial charge in [0.15, 0.2) is 0 Å². The molecule has 0 saturated heterocycles. The van der Waals surface area contributed by atoms with Gasteiger partial charge in [-0.3, -0.25) is 4.72 Å². The van der Waals surface area contributed by atoms with E-state index in [9.17, 15) is 8.42 Å². The minimum atomic E-state index is -3.34. The molecule has 0 unspecified atom stereocenters. The highest BCUT2D eigenvalue weighted by molar-refractivity contribution is 7.92. The van der Waals surface area contributed by atoms with Crippen molar-refractivity contribution < 1.29 is 8.42 Å². The second-order valence-corrected chi connectivity index (χ2v) is 7.96. The number of nitrogens with one attached hydrogen (secondary N) is 2. The first-order chi connectivity index (χ1) is 12.1. The summed E-state index contributed by atoms with van der Waals surface area (Å²) >= 11 is 0. The van der Waals surface area contributed by atoms with Gasteiger partial charge < -0.3 is 4.98 Å². The van der Waals surface area contributed by atoms with Gasteiger partial charge in [0.05, 0.1) is 17.0 Å². The van der Waals surface area contributed by atoms with E-state index >= 15 is 0 Å². The van der Waals surface area contributed by atoms with E-state index < -0.39 is 10.0 Å². The van der Waals surface area contributed by atoms with Crippen molar-refractivity contribution in [2.75, 3.05) is 10.5 Å². The summed E-state index contributed by atoms with van der Waals surface area (Å²) in [5.41, 5.74) is 4.50. The van der Waals surface area contributed by atoms with E-state index in [1.54, 1.807) is 13.0 Å². The standard InChI is InChI=1S/C20H18N2O2S/c1-2-25(23,24)22-19-13-6-4-9-15(19)17-11-7-10-16-14-8-3-5-12-18(14)21-20(16)17/h3-13,21-22H,2H2,1H3. The number of para-hydroxylation sites is 3. The Hall–Kier alpha value is -2.79. The minimum absolute atomic E-state index is 0.0396. The maximum atomic E-state index is 12.0. The van der Waals surface area contributed by atoms with Crippen LogP contribution in [0.4, 0.5) is 5.69 Å². The van der Waals surface area contributed by atoms with Crippen molar-refractivity contribution >= 4 is 37.5 Å². The van der Waals surface area contributed by atoms with E-state index in [2.05, 4.69) is 21.8 Å². The highest BCUT2D eigenvalue weighted by atomic mass is 32.2. The average molecular weight is 350 g/mol. The molecule has 4 nitrogen and oxygen atoms in total. The van der Waals surface area contributed by atoms with Crippen LogP contribution in [0.5, 0.6) is 0 Å². The summed E-state index contributed by atoms with van der Waals surface area (Å²) < 4.78 is 26.8. The van der Waals surface area contributed by atoms with Gasteiger partial charge in [-0.1, -0.05) is 54.6 Å². The Bertz CT molecular complexity index is 1180. The van der Waals surface area contributed by atoms with Crippen LogP contribution in [0, 0.1) is 0 Å². The monoisotopic (exact) mass is 350 g/mol. The van der Waals surface area contributed by atoms with Crippen LogP contribution in [0.2, 0.25) is 0 Å². The number of sulfonamides is 1. The van der Waals surface area contributed by atoms with Gasteiger partial charge in [0.25, 0.3) is 0 Å². The zero-order chi connectivity index (χ0) is 17.4. The fourth-order valence-electron chi connectivity index (χ4n) is 3.14. The van der Waals surface area contributed by atoms with Gasteiger partial charge >= 0.3 is 0 Å². The zero-order valence-corrected chi connectivity index (χ0v) is 14.6. The molecule has 0 fully saturated rings. The number of anilines is 1. The summed E-state index contributed by atoms with van der Waals surface area (Å²) in [5.74, 6) is 0.0396. The van der Waals surface area contributed by atoms with Crippen LogP contribution in [-0.2, 0) is 10.0 Å². The van der Waals surface area contributed by atoms with Crippen molar-refractivity contribution in [3.05, 3.63) is 66.7 Å². The Morgan fingerprint density at radius 3 is 2.36 bits per heavy atom. The number of rotatable bonds is 4. The molecule has 1 aromatic heterocycles. The largest absolute Gasteiger partial charge is 0.354 e. The molecule has 25 heavy (non-hydrogen) atoms. The quantitative estimate of drug-likeness (QED) is 0.558. The molecule has 0 aliphatic rings. The third kappa shape index (κ3) is 2.76. The highest BCUT2D eigenvalue weighted by Gasteiger charge is 2.14. The van der Waals surface area contributed by atoms with Gasteiger partial charge in [-0.2, -0.15) is 0 Å². The lowest BCUT2D eigenvalue weighted by atomic mass is 10.0. The Balaban J connectivity index is 1.97. The van der Waals surface area contributed by atoms with Gasteiger partial charge in [-0.25, -0.2) is 8.42 Å². The SMILES string of the molecule is CCS(=O)(=O)Nc1ccccc1-c1cccc2c1[nH]c1ccccc12. The van der Waals surface area contributed by atoms with E-state index in [4.69, 9.17) is 0 Å². The lowest BCUT2D eigenvalue weighted by molar-refractivity contribution is 0.602. The molecule has 2 N–H and O–H groups in total. The Labute approximate surface area is 146 Å². The molecule has 4 aromatic rings. The zero-order valence-electron chi connectivity index (χ0n) is 13.8. The fraction of sp³-hybridized carbons (Fsp3) is 0.100. The summed E-state index contributed by atoms with van der Waals surface area (Å²) in [4.78, 5) is 3.47. The second-order valence-electron chi connectivity index (χ2n) is 5.95.